The number of hydrogen-bond donors (Lipinski definition) is 2. The monoisotopic (exact) mass is 564 g/mol. The number of ether oxygens (including phenoxy) is 2. The molecule has 41 heavy (non-hydrogen) atoms. The van der Waals surface area contributed by atoms with E-state index in [9.17, 15) is 9.59 Å². The van der Waals surface area contributed by atoms with Crippen LogP contribution in [0.4, 0.5) is 11.4 Å². The van der Waals surface area contributed by atoms with Crippen LogP contribution in [-0.2, 0) is 19.1 Å². The third-order valence-corrected chi connectivity index (χ3v) is 5.95. The maximum atomic E-state index is 13.3. The van der Waals surface area contributed by atoms with E-state index in [4.69, 9.17) is 9.84 Å². The third-order valence-electron chi connectivity index (χ3n) is 5.95. The molecule has 0 aromatic heterocycles. The van der Waals surface area contributed by atoms with Gasteiger partial charge in [0, 0.05) is 50.4 Å². The van der Waals surface area contributed by atoms with Crippen molar-refractivity contribution in [2.45, 2.75) is 65.9 Å². The molecule has 7 heteroatoms. The number of esters is 1. The van der Waals surface area contributed by atoms with Crippen LogP contribution in [0.3, 0.4) is 0 Å². The molecule has 2 aromatic carbocycles. The van der Waals surface area contributed by atoms with Gasteiger partial charge in [0.2, 0.25) is 0 Å². The molecule has 1 aliphatic heterocycles. The maximum Gasteiger partial charge on any atom is 0.313 e. The van der Waals surface area contributed by atoms with Crippen LogP contribution in [0.5, 0.6) is 0 Å². The van der Waals surface area contributed by atoms with E-state index in [1.54, 1.807) is 19.1 Å². The molecular formula is C34H48N2O5. The molecule has 0 spiro atoms. The molecule has 2 aromatic rings. The first-order valence-corrected chi connectivity index (χ1v) is 14.0. The first-order chi connectivity index (χ1) is 19.6. The molecule has 4 rings (SSSR count). The van der Waals surface area contributed by atoms with Gasteiger partial charge >= 0.3 is 5.97 Å². The largest absolute Gasteiger partial charge is 0.460 e. The minimum absolute atomic E-state index is 0.0140. The van der Waals surface area contributed by atoms with Gasteiger partial charge < -0.3 is 24.8 Å². The van der Waals surface area contributed by atoms with Gasteiger partial charge in [0.05, 0.1) is 12.5 Å². The zero-order chi connectivity index (χ0) is 31.0. The molecule has 1 saturated heterocycles. The number of hydrogen-bond acceptors (Lipinski definition) is 6. The SMILES string of the molecule is CC.CC(C(=O)OC(C)(C)C)c1ccc(N2C/C3=C/C/C=C(/Nc4ccccc4)CC=C3C2=O)cc1.CO.COC. The highest BCUT2D eigenvalue weighted by molar-refractivity contribution is 6.12. The number of allylic oxidation sites excluding steroid dienone is 3. The molecule has 0 radical (unpaired) electrons. The number of amides is 1. The van der Waals surface area contributed by atoms with Crippen LogP contribution in [0.1, 0.15) is 65.9 Å². The van der Waals surface area contributed by atoms with Crippen LogP contribution < -0.4 is 10.2 Å². The Morgan fingerprint density at radius 2 is 1.54 bits per heavy atom. The summed E-state index contributed by atoms with van der Waals surface area (Å²) in [6.07, 6.45) is 7.78. The summed E-state index contributed by atoms with van der Waals surface area (Å²) in [5.41, 5.74) is 5.13. The van der Waals surface area contributed by atoms with Gasteiger partial charge in [-0.05, 0) is 69.5 Å². The fourth-order valence-corrected chi connectivity index (χ4v) is 4.13. The van der Waals surface area contributed by atoms with E-state index in [-0.39, 0.29) is 17.8 Å². The summed E-state index contributed by atoms with van der Waals surface area (Å²) >= 11 is 0. The van der Waals surface area contributed by atoms with Crippen LogP contribution in [0, 0.1) is 0 Å². The Morgan fingerprint density at radius 1 is 0.951 bits per heavy atom. The Morgan fingerprint density at radius 3 is 2.10 bits per heavy atom. The van der Waals surface area contributed by atoms with E-state index >= 15 is 0 Å². The number of carbonyl (C=O) groups excluding carboxylic acids is 2. The molecule has 2 N–H and O–H groups in total. The van der Waals surface area contributed by atoms with Crippen LogP contribution >= 0.6 is 0 Å². The molecule has 2 aliphatic rings. The van der Waals surface area contributed by atoms with Crippen LogP contribution in [0.25, 0.3) is 0 Å². The molecule has 1 atom stereocenters. The fraction of sp³-hybridized carbons (Fsp3) is 0.412. The van der Waals surface area contributed by atoms with Crippen molar-refractivity contribution in [3.8, 4) is 0 Å². The molecule has 0 saturated carbocycles. The van der Waals surface area contributed by atoms with Crippen molar-refractivity contribution in [3.63, 3.8) is 0 Å². The van der Waals surface area contributed by atoms with Crippen LogP contribution in [-0.4, -0.2) is 50.5 Å². The number of aliphatic hydroxyl groups is 1. The molecule has 1 amide bonds. The molecule has 1 heterocycles. The number of benzene rings is 2. The number of nitrogens with one attached hydrogen (secondary N) is 1. The highest BCUT2D eigenvalue weighted by Gasteiger charge is 2.32. The lowest BCUT2D eigenvalue weighted by Crippen LogP contribution is -2.27. The van der Waals surface area contributed by atoms with Gasteiger partial charge in [-0.1, -0.05) is 62.4 Å². The summed E-state index contributed by atoms with van der Waals surface area (Å²) in [4.78, 5) is 27.5. The molecule has 1 unspecified atom stereocenters. The Hall–Kier alpha value is -3.68. The van der Waals surface area contributed by atoms with Crippen molar-refractivity contribution in [3.05, 3.63) is 95.2 Å². The van der Waals surface area contributed by atoms with Gasteiger partial charge in [-0.25, -0.2) is 0 Å². The van der Waals surface area contributed by atoms with E-state index in [2.05, 4.69) is 22.2 Å². The van der Waals surface area contributed by atoms with Crippen molar-refractivity contribution in [1.29, 1.82) is 0 Å². The zero-order valence-electron chi connectivity index (χ0n) is 26.2. The summed E-state index contributed by atoms with van der Waals surface area (Å²) < 4.78 is 9.76. The van der Waals surface area contributed by atoms with Crippen molar-refractivity contribution in [1.82, 2.24) is 0 Å². The molecule has 1 fully saturated rings. The number of aliphatic hydroxyl groups excluding tert-OH is 1. The number of methoxy groups -OCH3 is 1. The summed E-state index contributed by atoms with van der Waals surface area (Å²) in [6, 6.07) is 17.7. The Bertz CT molecular complexity index is 1180. The van der Waals surface area contributed by atoms with Gasteiger partial charge in [-0.2, -0.15) is 0 Å². The lowest BCUT2D eigenvalue weighted by molar-refractivity contribution is -0.156. The quantitative estimate of drug-likeness (QED) is 0.380. The van der Waals surface area contributed by atoms with E-state index in [1.165, 1.54) is 0 Å². The zero-order valence-corrected chi connectivity index (χ0v) is 26.2. The van der Waals surface area contributed by atoms with Gasteiger partial charge in [0.1, 0.15) is 5.60 Å². The van der Waals surface area contributed by atoms with Crippen molar-refractivity contribution < 1.29 is 24.2 Å². The lowest BCUT2D eigenvalue weighted by atomic mass is 10.0. The summed E-state index contributed by atoms with van der Waals surface area (Å²) in [6.45, 7) is 12.0. The normalized spacial score (nSPS) is 17.4. The Labute approximate surface area is 246 Å². The van der Waals surface area contributed by atoms with Crippen molar-refractivity contribution in [2.75, 3.05) is 38.1 Å². The van der Waals surface area contributed by atoms with E-state index < -0.39 is 5.60 Å². The van der Waals surface area contributed by atoms with Gasteiger partial charge in [-0.15, -0.1) is 0 Å². The van der Waals surface area contributed by atoms with Gasteiger partial charge in [-0.3, -0.25) is 9.59 Å². The average Bonchev–Trinajstić information content (AvgIpc) is 3.26. The number of fused-ring (bicyclic) bond motifs is 1. The average molecular weight is 565 g/mol. The molecular weight excluding hydrogens is 516 g/mol. The molecule has 1 aliphatic carbocycles. The Kier molecular flexibility index (Phi) is 15.4. The highest BCUT2D eigenvalue weighted by atomic mass is 16.6. The summed E-state index contributed by atoms with van der Waals surface area (Å²) in [7, 11) is 4.25. The highest BCUT2D eigenvalue weighted by Crippen LogP contribution is 2.32. The molecule has 7 nitrogen and oxygen atoms in total. The minimum atomic E-state index is -0.520. The van der Waals surface area contributed by atoms with Gasteiger partial charge in [0.25, 0.3) is 5.91 Å². The van der Waals surface area contributed by atoms with E-state index in [0.29, 0.717) is 13.0 Å². The summed E-state index contributed by atoms with van der Waals surface area (Å²) in [5.74, 6) is -0.608. The van der Waals surface area contributed by atoms with Crippen molar-refractivity contribution >= 4 is 23.3 Å². The lowest BCUT2D eigenvalue weighted by Gasteiger charge is -2.23. The number of nitrogens with zero attached hydrogens (tertiary/aromatic N) is 1. The third kappa shape index (κ3) is 11.0. The number of rotatable bonds is 5. The first kappa shape index (κ1) is 35.3. The van der Waals surface area contributed by atoms with Crippen LogP contribution in [0.2, 0.25) is 0 Å². The van der Waals surface area contributed by atoms with Gasteiger partial charge in [0.15, 0.2) is 0 Å². The van der Waals surface area contributed by atoms with Crippen LogP contribution in [0.15, 0.2) is 89.7 Å². The number of anilines is 2. The number of carbonyl (C=O) groups is 2. The topological polar surface area (TPSA) is 88.1 Å². The summed E-state index contributed by atoms with van der Waals surface area (Å²) in [5, 5.41) is 10.5. The second-order valence-corrected chi connectivity index (χ2v) is 10.2. The Balaban J connectivity index is 0.00000110. The van der Waals surface area contributed by atoms with Crippen molar-refractivity contribution in [2.24, 2.45) is 0 Å². The molecule has 224 valence electrons. The maximum absolute atomic E-state index is 13.3. The standard InChI is InChI=1S/C29H32N2O3.C2H6O.C2H6.CH4O/c1-20(28(33)34-29(2,3)4)21-13-16-25(17-14-21)31-19-22-9-8-12-24(15-18-26(22)27(31)32)30-23-10-6-5-7-11-23;1-3-2;2*1-2/h5-7,9-14,16-18,20,30H,8,15,19H2,1-4H3;1-2H3;1-2H3;2H,1H3/b22-9-,24-12+,26-18?;;;. The predicted octanol–water partition coefficient (Wildman–Crippen LogP) is 7.02. The van der Waals surface area contributed by atoms with E-state index in [0.717, 1.165) is 47.3 Å². The predicted molar refractivity (Wildman–Crippen MR) is 169 cm³/mol. The second-order valence-electron chi connectivity index (χ2n) is 10.2. The number of para-hydroxylation sites is 1. The van der Waals surface area contributed by atoms with E-state index in [1.807, 2.05) is 102 Å². The fourth-order valence-electron chi connectivity index (χ4n) is 4.13. The second kappa shape index (κ2) is 17.9. The first-order valence-electron chi connectivity index (χ1n) is 14.0. The molecule has 0 bridgehead atoms. The minimum Gasteiger partial charge on any atom is -0.460 e. The smallest absolute Gasteiger partial charge is 0.313 e.